The van der Waals surface area contributed by atoms with Crippen LogP contribution in [0.3, 0.4) is 0 Å². The van der Waals surface area contributed by atoms with Crippen LogP contribution in [0.1, 0.15) is 35.7 Å². The average Bonchev–Trinajstić information content (AvgIpc) is 3.57. The number of aliphatic hydroxyl groups excluding tert-OH is 2. The number of fused-ring (bicyclic) bond motifs is 6. The van der Waals surface area contributed by atoms with Gasteiger partial charge < -0.3 is 40.7 Å². The number of rotatable bonds is 4. The minimum Gasteiger partial charge on any atom is -0.388 e. The third-order valence-corrected chi connectivity index (χ3v) is 9.39. The van der Waals surface area contributed by atoms with Crippen LogP contribution in [0, 0.1) is 5.82 Å². The second-order valence-corrected chi connectivity index (χ2v) is 12.8. The quantitative estimate of drug-likeness (QED) is 0.279. The molecule has 0 radical (unpaired) electrons. The lowest BCUT2D eigenvalue weighted by Gasteiger charge is -2.42. The molecule has 4 aliphatic heterocycles. The van der Waals surface area contributed by atoms with Crippen molar-refractivity contribution in [2.75, 3.05) is 38.0 Å². The van der Waals surface area contributed by atoms with Gasteiger partial charge in [-0.3, -0.25) is 28.9 Å². The lowest BCUT2D eigenvalue weighted by Crippen LogP contribution is -2.63. The number of hydrogen-bond donors (Lipinski definition) is 5. The monoisotopic (exact) mass is 666 g/mol. The Bertz CT molecular complexity index is 1560. The fraction of sp³-hybridized carbons (Fsp3) is 0.485. The van der Waals surface area contributed by atoms with Crippen LogP contribution < -0.4 is 16.0 Å². The third kappa shape index (κ3) is 7.18. The molecule has 4 saturated heterocycles. The van der Waals surface area contributed by atoms with Gasteiger partial charge in [0.15, 0.2) is 0 Å². The maximum Gasteiger partial charge on any atom is 0.254 e. The van der Waals surface area contributed by atoms with Crippen LogP contribution in [-0.4, -0.2) is 130 Å². The summed E-state index contributed by atoms with van der Waals surface area (Å²) < 4.78 is 19.4. The van der Waals surface area contributed by atoms with Gasteiger partial charge >= 0.3 is 0 Å². The fourth-order valence-electron chi connectivity index (χ4n) is 6.94. The number of likely N-dealkylation sites (tertiary alicyclic amines) is 1. The van der Waals surface area contributed by atoms with Gasteiger partial charge in [0.1, 0.15) is 30.2 Å². The summed E-state index contributed by atoms with van der Waals surface area (Å²) in [5.74, 6) is -2.48. The molecule has 48 heavy (non-hydrogen) atoms. The predicted molar refractivity (Wildman–Crippen MR) is 168 cm³/mol. The molecule has 4 heterocycles. The van der Waals surface area contributed by atoms with E-state index < -0.39 is 66.1 Å². The molecule has 0 unspecified atom stereocenters. The van der Waals surface area contributed by atoms with Gasteiger partial charge in [-0.05, 0) is 48.4 Å². The Morgan fingerprint density at radius 2 is 1.67 bits per heavy atom. The van der Waals surface area contributed by atoms with Crippen molar-refractivity contribution in [3.63, 3.8) is 0 Å². The lowest BCUT2D eigenvalue weighted by atomic mass is 10.0. The zero-order chi connectivity index (χ0) is 34.1. The predicted octanol–water partition coefficient (Wildman–Crippen LogP) is -0.794. The number of halogens is 1. The Morgan fingerprint density at radius 3 is 2.38 bits per heavy atom. The van der Waals surface area contributed by atoms with Gasteiger partial charge in [-0.15, -0.1) is 0 Å². The topological polar surface area (TPSA) is 181 Å². The van der Waals surface area contributed by atoms with Crippen molar-refractivity contribution < 1.29 is 43.3 Å². The molecule has 6 bridgehead atoms. The molecule has 4 aliphatic rings. The molecule has 256 valence electrons. The highest BCUT2D eigenvalue weighted by atomic mass is 19.1. The molecule has 5 N–H and O–H groups in total. The van der Waals surface area contributed by atoms with Crippen LogP contribution in [0.5, 0.6) is 0 Å². The Hall–Kier alpha value is -4.44. The number of nitrogens with zero attached hydrogens (tertiary/aromatic N) is 3. The van der Waals surface area contributed by atoms with Crippen LogP contribution in [0.2, 0.25) is 0 Å². The summed E-state index contributed by atoms with van der Waals surface area (Å²) in [5.41, 5.74) is 1.68. The van der Waals surface area contributed by atoms with Crippen molar-refractivity contribution in [1.82, 2.24) is 25.3 Å². The van der Waals surface area contributed by atoms with Gasteiger partial charge in [0.05, 0.1) is 25.1 Å². The second kappa shape index (κ2) is 14.0. The van der Waals surface area contributed by atoms with Gasteiger partial charge in [-0.1, -0.05) is 12.1 Å². The molecule has 4 fully saturated rings. The summed E-state index contributed by atoms with van der Waals surface area (Å²) in [5, 5.41) is 29.7. The minimum atomic E-state index is -1.37. The van der Waals surface area contributed by atoms with E-state index in [4.69, 9.17) is 4.74 Å². The van der Waals surface area contributed by atoms with Crippen molar-refractivity contribution in [2.45, 2.75) is 68.9 Å². The minimum absolute atomic E-state index is 0.0286. The summed E-state index contributed by atoms with van der Waals surface area (Å²) in [6, 6.07) is 10.00. The molecule has 15 heteroatoms. The van der Waals surface area contributed by atoms with Crippen LogP contribution in [0.15, 0.2) is 48.5 Å². The van der Waals surface area contributed by atoms with E-state index in [0.717, 1.165) is 17.7 Å². The zero-order valence-corrected chi connectivity index (χ0v) is 26.4. The number of hydrogen-bond acceptors (Lipinski definition) is 9. The summed E-state index contributed by atoms with van der Waals surface area (Å²) in [7, 11) is 0. The Balaban J connectivity index is 1.28. The molecule has 0 aliphatic carbocycles. The number of carbonyl (C=O) groups is 5. The van der Waals surface area contributed by atoms with E-state index in [1.807, 2.05) is 17.0 Å². The van der Waals surface area contributed by atoms with Crippen LogP contribution >= 0.6 is 0 Å². The van der Waals surface area contributed by atoms with Crippen LogP contribution in [-0.2, 0) is 30.5 Å². The van der Waals surface area contributed by atoms with E-state index >= 15 is 0 Å². The van der Waals surface area contributed by atoms with Gasteiger partial charge in [0.2, 0.25) is 23.6 Å². The van der Waals surface area contributed by atoms with E-state index in [1.54, 1.807) is 17.0 Å². The van der Waals surface area contributed by atoms with Crippen molar-refractivity contribution in [1.29, 1.82) is 0 Å². The molecule has 6 rings (SSSR count). The Kier molecular flexibility index (Phi) is 9.73. The molecule has 5 amide bonds. The smallest absolute Gasteiger partial charge is 0.254 e. The highest BCUT2D eigenvalue weighted by molar-refractivity contribution is 5.98. The van der Waals surface area contributed by atoms with E-state index in [9.17, 15) is 38.6 Å². The van der Waals surface area contributed by atoms with E-state index in [-0.39, 0.29) is 56.4 Å². The molecule has 2 aromatic rings. The average molecular weight is 667 g/mol. The first-order chi connectivity index (χ1) is 23.0. The van der Waals surface area contributed by atoms with Gasteiger partial charge in [-0.2, -0.15) is 0 Å². The first-order valence-corrected chi connectivity index (χ1v) is 16.0. The zero-order valence-electron chi connectivity index (χ0n) is 26.4. The lowest BCUT2D eigenvalue weighted by molar-refractivity contribution is -0.141. The number of amides is 5. The number of carbonyl (C=O) groups excluding carboxylic acids is 5. The van der Waals surface area contributed by atoms with E-state index in [2.05, 4.69) is 16.0 Å². The van der Waals surface area contributed by atoms with Crippen molar-refractivity contribution in [3.8, 4) is 0 Å². The summed E-state index contributed by atoms with van der Waals surface area (Å²) in [4.78, 5) is 70.9. The highest BCUT2D eigenvalue weighted by Gasteiger charge is 2.47. The summed E-state index contributed by atoms with van der Waals surface area (Å²) in [6.07, 6.45) is -4.74. The molecule has 0 spiro atoms. The SMILES string of the molecule is CC(=O)Nc1ccc(CN2C[C@@H]3C[C@H]2C(=O)N2CCN(C(=O)c4ccc(F)cc4)[C@@H](C2)C(=O)NC[C@H]2O[C@@H](CC(=O)N3)[C@H](O)[C@@H]2O)cc1. The molecule has 2 aromatic carbocycles. The number of benzene rings is 2. The van der Waals surface area contributed by atoms with Crippen molar-refractivity contribution >= 4 is 35.2 Å². The first-order valence-electron chi connectivity index (χ1n) is 16.0. The number of ether oxygens (including phenoxy) is 1. The fourth-order valence-corrected chi connectivity index (χ4v) is 6.94. The van der Waals surface area contributed by atoms with Crippen LogP contribution in [0.4, 0.5) is 10.1 Å². The van der Waals surface area contributed by atoms with Crippen molar-refractivity contribution in [2.24, 2.45) is 0 Å². The first kappa shape index (κ1) is 33.5. The highest BCUT2D eigenvalue weighted by Crippen LogP contribution is 2.28. The number of aliphatic hydroxyl groups is 2. The number of piperazine rings is 1. The van der Waals surface area contributed by atoms with Gasteiger partial charge in [0.25, 0.3) is 5.91 Å². The molecule has 7 atom stereocenters. The molecular weight excluding hydrogens is 627 g/mol. The van der Waals surface area contributed by atoms with E-state index in [1.165, 1.54) is 24.0 Å². The standard InChI is InChI=1S/C33H39FN6O8/c1-18(41)36-22-8-2-19(3-9-22)15-39-16-23-12-24(39)33(47)38-10-11-40(32(46)20-4-6-21(34)7-5-20)25(17-38)31(45)35-14-27-30(44)29(43)26(48-27)13-28(42)37-23/h2-9,23-27,29-30,43-44H,10-17H2,1H3,(H,35,45)(H,36,41)(H,37,42)/t23-,24-,25-,26-,27+,29-,30+/m0/s1. The molecular formula is C33H39FN6O8. The largest absolute Gasteiger partial charge is 0.388 e. The summed E-state index contributed by atoms with van der Waals surface area (Å²) >= 11 is 0. The number of anilines is 1. The second-order valence-electron chi connectivity index (χ2n) is 12.8. The van der Waals surface area contributed by atoms with Crippen LogP contribution in [0.25, 0.3) is 0 Å². The Labute approximate surface area is 276 Å². The van der Waals surface area contributed by atoms with E-state index in [0.29, 0.717) is 18.8 Å². The van der Waals surface area contributed by atoms with Gasteiger partial charge in [-0.25, -0.2) is 4.39 Å². The number of nitrogens with one attached hydrogen (secondary N) is 3. The Morgan fingerprint density at radius 1 is 0.958 bits per heavy atom. The third-order valence-electron chi connectivity index (χ3n) is 9.39. The van der Waals surface area contributed by atoms with Gasteiger partial charge in [0, 0.05) is 56.9 Å². The van der Waals surface area contributed by atoms with Crippen molar-refractivity contribution in [3.05, 3.63) is 65.5 Å². The summed E-state index contributed by atoms with van der Waals surface area (Å²) in [6.45, 7) is 1.94. The maximum absolute atomic E-state index is 14.2. The molecule has 0 saturated carbocycles. The molecule has 0 aromatic heterocycles. The molecule has 14 nitrogen and oxygen atoms in total. The normalized spacial score (nSPS) is 29.8. The maximum atomic E-state index is 14.2.